The number of hydrogen-bond donors (Lipinski definition) is 1. The largest absolute Gasteiger partial charge is 0.479 e. The lowest BCUT2D eigenvalue weighted by molar-refractivity contribution is -0.154. The van der Waals surface area contributed by atoms with E-state index in [0.717, 1.165) is 17.0 Å². The van der Waals surface area contributed by atoms with Crippen LogP contribution in [-0.4, -0.2) is 28.9 Å². The molecule has 0 aromatic heterocycles. The number of benzene rings is 1. The zero-order valence-electron chi connectivity index (χ0n) is 10.9. The molecule has 6 heteroatoms. The molecule has 0 fully saturated rings. The van der Waals surface area contributed by atoms with Crippen LogP contribution in [0.3, 0.4) is 0 Å². The standard InChI is InChI=1S/C13H15F2NO3/c1-4-16(7-17)13(3,12(18)19)9-6-10(14)8(2)5-11(9)15/h5-7H,4H2,1-3H3,(H,18,19). The Labute approximate surface area is 109 Å². The first-order valence-corrected chi connectivity index (χ1v) is 5.70. The third kappa shape index (κ3) is 2.43. The average Bonchev–Trinajstić information content (AvgIpc) is 2.34. The van der Waals surface area contributed by atoms with Gasteiger partial charge in [-0.25, -0.2) is 13.6 Å². The van der Waals surface area contributed by atoms with Crippen LogP contribution in [0, 0.1) is 18.6 Å². The van der Waals surface area contributed by atoms with E-state index in [1.54, 1.807) is 6.92 Å². The lowest BCUT2D eigenvalue weighted by atomic mass is 9.89. The Bertz CT molecular complexity index is 519. The van der Waals surface area contributed by atoms with E-state index in [4.69, 9.17) is 0 Å². The van der Waals surface area contributed by atoms with Gasteiger partial charge < -0.3 is 10.0 Å². The van der Waals surface area contributed by atoms with Crippen LogP contribution in [0.4, 0.5) is 8.78 Å². The number of aryl methyl sites for hydroxylation is 1. The van der Waals surface area contributed by atoms with Gasteiger partial charge in [0.05, 0.1) is 0 Å². The van der Waals surface area contributed by atoms with Gasteiger partial charge in [0.25, 0.3) is 0 Å². The summed E-state index contributed by atoms with van der Waals surface area (Å²) < 4.78 is 27.5. The van der Waals surface area contributed by atoms with Gasteiger partial charge in [0, 0.05) is 12.1 Å². The van der Waals surface area contributed by atoms with Crippen molar-refractivity contribution in [1.82, 2.24) is 4.90 Å². The summed E-state index contributed by atoms with van der Waals surface area (Å²) >= 11 is 0. The third-order valence-corrected chi connectivity index (χ3v) is 3.23. The summed E-state index contributed by atoms with van der Waals surface area (Å²) in [7, 11) is 0. The monoisotopic (exact) mass is 271 g/mol. The van der Waals surface area contributed by atoms with E-state index in [1.807, 2.05) is 0 Å². The van der Waals surface area contributed by atoms with Crippen molar-refractivity contribution in [3.05, 3.63) is 34.9 Å². The zero-order chi connectivity index (χ0) is 14.8. The number of carboxylic acids is 1. The highest BCUT2D eigenvalue weighted by Crippen LogP contribution is 2.31. The van der Waals surface area contributed by atoms with E-state index in [0.29, 0.717) is 6.41 Å². The number of amides is 1. The number of carbonyl (C=O) groups is 2. The molecule has 0 aliphatic carbocycles. The van der Waals surface area contributed by atoms with Crippen LogP contribution in [0.2, 0.25) is 0 Å². The normalized spacial score (nSPS) is 13.7. The topological polar surface area (TPSA) is 57.6 Å². The van der Waals surface area contributed by atoms with Gasteiger partial charge in [0.15, 0.2) is 5.54 Å². The number of aliphatic carboxylic acids is 1. The molecule has 0 spiro atoms. The maximum absolute atomic E-state index is 13.9. The second-order valence-electron chi connectivity index (χ2n) is 4.35. The Morgan fingerprint density at radius 1 is 1.42 bits per heavy atom. The molecule has 19 heavy (non-hydrogen) atoms. The first-order chi connectivity index (χ1) is 8.78. The van der Waals surface area contributed by atoms with E-state index < -0.39 is 23.1 Å². The fraction of sp³-hybridized carbons (Fsp3) is 0.385. The van der Waals surface area contributed by atoms with Crippen LogP contribution in [-0.2, 0) is 15.1 Å². The Balaban J connectivity index is 3.55. The third-order valence-electron chi connectivity index (χ3n) is 3.23. The molecule has 1 unspecified atom stereocenters. The molecule has 0 heterocycles. The van der Waals surface area contributed by atoms with Crippen molar-refractivity contribution in [1.29, 1.82) is 0 Å². The Morgan fingerprint density at radius 2 is 2.00 bits per heavy atom. The summed E-state index contributed by atoms with van der Waals surface area (Å²) in [6, 6.07) is 1.75. The van der Waals surface area contributed by atoms with Crippen molar-refractivity contribution in [3.63, 3.8) is 0 Å². The van der Waals surface area contributed by atoms with E-state index in [9.17, 15) is 23.5 Å². The van der Waals surface area contributed by atoms with Gasteiger partial charge in [-0.1, -0.05) is 0 Å². The highest BCUT2D eigenvalue weighted by Gasteiger charge is 2.42. The van der Waals surface area contributed by atoms with E-state index in [1.165, 1.54) is 13.8 Å². The molecule has 0 aliphatic heterocycles. The van der Waals surface area contributed by atoms with E-state index in [2.05, 4.69) is 0 Å². The molecule has 0 aliphatic rings. The average molecular weight is 271 g/mol. The second-order valence-corrected chi connectivity index (χ2v) is 4.35. The molecule has 1 N–H and O–H groups in total. The summed E-state index contributed by atoms with van der Waals surface area (Å²) in [5.74, 6) is -3.00. The second kappa shape index (κ2) is 5.34. The molecular formula is C13H15F2NO3. The predicted octanol–water partition coefficient (Wildman–Crippen LogP) is 2.05. The number of rotatable bonds is 5. The van der Waals surface area contributed by atoms with Crippen LogP contribution >= 0.6 is 0 Å². The minimum atomic E-state index is -1.95. The first-order valence-electron chi connectivity index (χ1n) is 5.70. The number of hydrogen-bond acceptors (Lipinski definition) is 2. The first kappa shape index (κ1) is 15.1. The maximum Gasteiger partial charge on any atom is 0.334 e. The number of carbonyl (C=O) groups excluding carboxylic acids is 1. The number of halogens is 2. The van der Waals surface area contributed by atoms with Crippen LogP contribution in [0.1, 0.15) is 25.0 Å². The molecule has 0 radical (unpaired) electrons. The molecule has 0 saturated carbocycles. The molecule has 1 aromatic carbocycles. The highest BCUT2D eigenvalue weighted by atomic mass is 19.1. The fourth-order valence-corrected chi connectivity index (χ4v) is 1.91. The van der Waals surface area contributed by atoms with Gasteiger partial charge in [-0.15, -0.1) is 0 Å². The summed E-state index contributed by atoms with van der Waals surface area (Å²) in [5.41, 5.74) is -2.25. The Hall–Kier alpha value is -1.98. The van der Waals surface area contributed by atoms with E-state index in [-0.39, 0.29) is 17.7 Å². The van der Waals surface area contributed by atoms with Crippen molar-refractivity contribution < 1.29 is 23.5 Å². The molecular weight excluding hydrogens is 256 g/mol. The lowest BCUT2D eigenvalue weighted by Gasteiger charge is -2.35. The van der Waals surface area contributed by atoms with Gasteiger partial charge in [-0.05, 0) is 38.5 Å². The minimum Gasteiger partial charge on any atom is -0.479 e. The quantitative estimate of drug-likeness (QED) is 0.834. The predicted molar refractivity (Wildman–Crippen MR) is 64.5 cm³/mol. The summed E-state index contributed by atoms with van der Waals surface area (Å²) in [6.07, 6.45) is 0.311. The molecule has 4 nitrogen and oxygen atoms in total. The van der Waals surface area contributed by atoms with Gasteiger partial charge in [-0.3, -0.25) is 4.79 Å². The number of nitrogens with zero attached hydrogens (tertiary/aromatic N) is 1. The van der Waals surface area contributed by atoms with Crippen molar-refractivity contribution in [2.75, 3.05) is 6.54 Å². The Morgan fingerprint density at radius 3 is 2.42 bits per heavy atom. The minimum absolute atomic E-state index is 0.0568. The molecule has 1 amide bonds. The highest BCUT2D eigenvalue weighted by molar-refractivity contribution is 5.83. The molecule has 1 atom stereocenters. The smallest absolute Gasteiger partial charge is 0.334 e. The van der Waals surface area contributed by atoms with Crippen molar-refractivity contribution in [2.45, 2.75) is 26.3 Å². The van der Waals surface area contributed by atoms with Crippen molar-refractivity contribution in [3.8, 4) is 0 Å². The summed E-state index contributed by atoms with van der Waals surface area (Å²) in [6.45, 7) is 4.15. The van der Waals surface area contributed by atoms with Gasteiger partial charge in [0.1, 0.15) is 11.6 Å². The van der Waals surface area contributed by atoms with Crippen LogP contribution in [0.15, 0.2) is 12.1 Å². The van der Waals surface area contributed by atoms with E-state index >= 15 is 0 Å². The lowest BCUT2D eigenvalue weighted by Crippen LogP contribution is -2.49. The SMILES string of the molecule is CCN(C=O)C(C)(C(=O)O)c1cc(F)c(C)cc1F. The summed E-state index contributed by atoms with van der Waals surface area (Å²) in [4.78, 5) is 23.3. The number of carboxylic acid groups (broad SMARTS) is 1. The fourth-order valence-electron chi connectivity index (χ4n) is 1.91. The maximum atomic E-state index is 13.9. The molecule has 1 aromatic rings. The van der Waals surface area contributed by atoms with Crippen LogP contribution in [0.25, 0.3) is 0 Å². The number of likely N-dealkylation sites (N-methyl/N-ethyl adjacent to an activating group) is 1. The van der Waals surface area contributed by atoms with Crippen molar-refractivity contribution >= 4 is 12.4 Å². The van der Waals surface area contributed by atoms with Gasteiger partial charge in [-0.2, -0.15) is 0 Å². The van der Waals surface area contributed by atoms with Gasteiger partial charge in [0.2, 0.25) is 6.41 Å². The van der Waals surface area contributed by atoms with Crippen LogP contribution in [0.5, 0.6) is 0 Å². The Kier molecular flexibility index (Phi) is 4.24. The summed E-state index contributed by atoms with van der Waals surface area (Å²) in [5, 5.41) is 9.31. The molecule has 104 valence electrons. The molecule has 1 rings (SSSR count). The zero-order valence-corrected chi connectivity index (χ0v) is 10.9. The molecule has 0 bridgehead atoms. The van der Waals surface area contributed by atoms with Crippen molar-refractivity contribution in [2.24, 2.45) is 0 Å². The van der Waals surface area contributed by atoms with Crippen LogP contribution < -0.4 is 0 Å². The van der Waals surface area contributed by atoms with Gasteiger partial charge >= 0.3 is 5.97 Å². The molecule has 0 saturated heterocycles.